The molecule has 1 aromatic heterocycles. The normalized spacial score (nSPS) is 11.4. The van der Waals surface area contributed by atoms with Crippen molar-refractivity contribution in [2.24, 2.45) is 0 Å². The van der Waals surface area contributed by atoms with E-state index in [1.54, 1.807) is 11.3 Å². The van der Waals surface area contributed by atoms with Gasteiger partial charge in [-0.1, -0.05) is 224 Å². The first kappa shape index (κ1) is 38.5. The van der Waals surface area contributed by atoms with E-state index in [2.05, 4.69) is 249 Å². The van der Waals surface area contributed by atoms with Gasteiger partial charge >= 0.3 is 0 Å². The molecule has 0 saturated carbocycles. The van der Waals surface area contributed by atoms with Gasteiger partial charge < -0.3 is 0 Å². The second-order valence-corrected chi connectivity index (χ2v) is 17.6. The van der Waals surface area contributed by atoms with Crippen LogP contribution in [0.4, 0.5) is 0 Å². The molecular weight excluding hydrogens is 803 g/mol. The summed E-state index contributed by atoms with van der Waals surface area (Å²) in [5.41, 5.74) is 19.0. The lowest BCUT2D eigenvalue weighted by atomic mass is 9.78. The van der Waals surface area contributed by atoms with Crippen LogP contribution in [0.1, 0.15) is 0 Å². The Morgan fingerprint density at radius 3 is 1.14 bits per heavy atom. The maximum Gasteiger partial charge on any atom is 0.124 e. The van der Waals surface area contributed by atoms with E-state index in [9.17, 15) is 0 Å². The molecule has 0 N–H and O–H groups in total. The molecule has 1 heterocycles. The Bertz CT molecular complexity index is 3580. The van der Waals surface area contributed by atoms with Gasteiger partial charge in [-0.2, -0.15) is 0 Å². The summed E-state index contributed by atoms with van der Waals surface area (Å²) in [7, 11) is 0. The third-order valence-electron chi connectivity index (χ3n) is 12.7. The fourth-order valence-corrected chi connectivity index (χ4v) is 10.8. The topological polar surface area (TPSA) is 12.9 Å². The lowest BCUT2D eigenvalue weighted by Crippen LogP contribution is -1.98. The predicted molar refractivity (Wildman–Crippen MR) is 278 cm³/mol. The van der Waals surface area contributed by atoms with Crippen LogP contribution in [-0.4, -0.2) is 4.98 Å². The smallest absolute Gasteiger partial charge is 0.124 e. The number of thiazole rings is 1. The Kier molecular flexibility index (Phi) is 9.78. The summed E-state index contributed by atoms with van der Waals surface area (Å²) in [5, 5.41) is 5.96. The van der Waals surface area contributed by atoms with E-state index in [1.807, 2.05) is 0 Å². The minimum absolute atomic E-state index is 1.04. The summed E-state index contributed by atoms with van der Waals surface area (Å²) in [6.45, 7) is 0. The zero-order valence-electron chi connectivity index (χ0n) is 35.5. The van der Waals surface area contributed by atoms with Gasteiger partial charge in [-0.05, 0) is 124 Å². The summed E-state index contributed by atoms with van der Waals surface area (Å²) in [5.74, 6) is 0. The molecule has 2 heteroatoms. The highest BCUT2D eigenvalue weighted by Crippen LogP contribution is 2.51. The van der Waals surface area contributed by atoms with Gasteiger partial charge in [-0.25, -0.2) is 4.98 Å². The van der Waals surface area contributed by atoms with Crippen LogP contribution in [0, 0.1) is 0 Å². The third kappa shape index (κ3) is 6.93. The Hall–Kier alpha value is -8.17. The summed E-state index contributed by atoms with van der Waals surface area (Å²) in [4.78, 5) is 5.02. The molecule has 11 aromatic carbocycles. The number of hydrogen-bond acceptors (Lipinski definition) is 2. The summed E-state index contributed by atoms with van der Waals surface area (Å²) in [6.07, 6.45) is 0. The SMILES string of the molecule is c1ccc(-c2cc(-c3ccc(-c4c5ccccc5c(-c5cccc(-c6nc7ccccc7s6)c5)c5ccccc45)cc3)c(-c3ccccc3)c(-c3ccccc3)c2-c2ccccc2)cc1. The van der Waals surface area contributed by atoms with Crippen molar-refractivity contribution >= 4 is 43.1 Å². The predicted octanol–water partition coefficient (Wildman–Crippen LogP) is 17.9. The van der Waals surface area contributed by atoms with Crippen LogP contribution < -0.4 is 0 Å². The van der Waals surface area contributed by atoms with Crippen molar-refractivity contribution in [1.29, 1.82) is 0 Å². The molecule has 0 fully saturated rings. The molecule has 0 spiro atoms. The van der Waals surface area contributed by atoms with E-state index in [0.29, 0.717) is 0 Å². The fraction of sp³-hybridized carbons (Fsp3) is 0. The first-order chi connectivity index (χ1) is 32.3. The molecule has 0 bridgehead atoms. The molecular formula is C63H41NS. The fourth-order valence-electron chi connectivity index (χ4n) is 9.83. The summed E-state index contributed by atoms with van der Waals surface area (Å²) in [6, 6.07) is 90.6. The number of fused-ring (bicyclic) bond motifs is 3. The van der Waals surface area contributed by atoms with Crippen LogP contribution in [-0.2, 0) is 0 Å². The van der Waals surface area contributed by atoms with Gasteiger partial charge in [0.15, 0.2) is 0 Å². The molecule has 1 nitrogen and oxygen atoms in total. The second kappa shape index (κ2) is 16.5. The van der Waals surface area contributed by atoms with Crippen molar-refractivity contribution in [3.8, 4) is 88.5 Å². The molecule has 0 saturated heterocycles. The van der Waals surface area contributed by atoms with E-state index in [1.165, 1.54) is 104 Å². The quantitative estimate of drug-likeness (QED) is 0.139. The van der Waals surface area contributed by atoms with Gasteiger partial charge in [0, 0.05) is 5.56 Å². The third-order valence-corrected chi connectivity index (χ3v) is 13.8. The van der Waals surface area contributed by atoms with Crippen LogP contribution in [0.25, 0.3) is 120 Å². The highest BCUT2D eigenvalue weighted by Gasteiger charge is 2.24. The zero-order valence-corrected chi connectivity index (χ0v) is 36.3. The van der Waals surface area contributed by atoms with Gasteiger partial charge in [0.1, 0.15) is 5.01 Å². The molecule has 304 valence electrons. The maximum atomic E-state index is 5.02. The van der Waals surface area contributed by atoms with Crippen LogP contribution in [0.2, 0.25) is 0 Å². The molecule has 0 radical (unpaired) electrons. The minimum atomic E-state index is 1.04. The second-order valence-electron chi connectivity index (χ2n) is 16.5. The van der Waals surface area contributed by atoms with Gasteiger partial charge in [-0.3, -0.25) is 0 Å². The molecule has 0 aliphatic heterocycles. The molecule has 0 atom stereocenters. The van der Waals surface area contributed by atoms with E-state index in [4.69, 9.17) is 4.98 Å². The molecule has 0 aliphatic rings. The first-order valence-electron chi connectivity index (χ1n) is 22.2. The van der Waals surface area contributed by atoms with Crippen molar-refractivity contribution in [2.75, 3.05) is 0 Å². The van der Waals surface area contributed by atoms with Crippen LogP contribution in [0.3, 0.4) is 0 Å². The van der Waals surface area contributed by atoms with Gasteiger partial charge in [0.25, 0.3) is 0 Å². The molecule has 12 aromatic rings. The highest BCUT2D eigenvalue weighted by molar-refractivity contribution is 7.21. The maximum absolute atomic E-state index is 5.02. The van der Waals surface area contributed by atoms with E-state index in [-0.39, 0.29) is 0 Å². The van der Waals surface area contributed by atoms with Crippen molar-refractivity contribution < 1.29 is 0 Å². The number of aromatic nitrogens is 1. The average molecular weight is 844 g/mol. The first-order valence-corrected chi connectivity index (χ1v) is 23.0. The molecule has 0 unspecified atom stereocenters. The number of benzene rings is 11. The molecule has 12 rings (SSSR count). The minimum Gasteiger partial charge on any atom is -0.236 e. The van der Waals surface area contributed by atoms with Crippen molar-refractivity contribution in [3.63, 3.8) is 0 Å². The Labute approximate surface area is 383 Å². The van der Waals surface area contributed by atoms with Crippen LogP contribution in [0.15, 0.2) is 249 Å². The Morgan fingerprint density at radius 2 is 0.615 bits per heavy atom. The Balaban J connectivity index is 1.07. The standard InChI is InChI=1S/C63H41NS/c1-5-20-42(21-6-1)54-41-55(61(45-24-9-3-10-25-45)62(46-26-11-4-12-27-46)60(54)44-22-7-2-8-23-44)43-36-38-47(39-37-43)58-50-30-13-15-32-52(50)59(53-33-16-14-31-51(53)58)48-28-19-29-49(40-48)63-64-56-34-17-18-35-57(56)65-63/h1-41H. The molecule has 0 amide bonds. The number of rotatable bonds is 8. The summed E-state index contributed by atoms with van der Waals surface area (Å²) < 4.78 is 1.20. The van der Waals surface area contributed by atoms with Gasteiger partial charge in [0.2, 0.25) is 0 Å². The van der Waals surface area contributed by atoms with E-state index < -0.39 is 0 Å². The molecule has 0 aliphatic carbocycles. The highest BCUT2D eigenvalue weighted by atomic mass is 32.1. The molecule has 65 heavy (non-hydrogen) atoms. The van der Waals surface area contributed by atoms with Crippen LogP contribution in [0.5, 0.6) is 0 Å². The number of para-hydroxylation sites is 1. The van der Waals surface area contributed by atoms with Crippen molar-refractivity contribution in [2.45, 2.75) is 0 Å². The monoisotopic (exact) mass is 843 g/mol. The largest absolute Gasteiger partial charge is 0.236 e. The average Bonchev–Trinajstić information content (AvgIpc) is 3.83. The van der Waals surface area contributed by atoms with Crippen LogP contribution >= 0.6 is 11.3 Å². The van der Waals surface area contributed by atoms with Gasteiger partial charge in [-0.15, -0.1) is 11.3 Å². The van der Waals surface area contributed by atoms with Crippen molar-refractivity contribution in [3.05, 3.63) is 249 Å². The Morgan fingerprint density at radius 1 is 0.246 bits per heavy atom. The lowest BCUT2D eigenvalue weighted by Gasteiger charge is -2.24. The zero-order chi connectivity index (χ0) is 43.1. The number of nitrogens with zero attached hydrogens (tertiary/aromatic N) is 1. The number of hydrogen-bond donors (Lipinski definition) is 0. The lowest BCUT2D eigenvalue weighted by molar-refractivity contribution is 1.48. The van der Waals surface area contributed by atoms with E-state index >= 15 is 0 Å². The van der Waals surface area contributed by atoms with Crippen molar-refractivity contribution in [1.82, 2.24) is 4.98 Å². The van der Waals surface area contributed by atoms with E-state index in [0.717, 1.165) is 16.1 Å². The summed E-state index contributed by atoms with van der Waals surface area (Å²) >= 11 is 1.75. The van der Waals surface area contributed by atoms with Gasteiger partial charge in [0.05, 0.1) is 10.2 Å².